The topological polar surface area (TPSA) is 83.5 Å². The highest BCUT2D eigenvalue weighted by Gasteiger charge is 2.41. The second-order valence-electron chi connectivity index (χ2n) is 8.96. The standard InChI is InChI=1S/C23H33NO7S/c1-18-16-20(27-12-6-21-17-30-22(2,3)31-21)5-4-19(18)7-15-32(25,26)24-10-8-23(9-11-24)28-13-14-29-23/h4-5,7,15-16,21H,6,8-14,17H2,1-3H3/b15-7+. The summed E-state index contributed by atoms with van der Waals surface area (Å²) in [5.41, 5.74) is 1.78. The van der Waals surface area contributed by atoms with Crippen LogP contribution < -0.4 is 4.74 Å². The highest BCUT2D eigenvalue weighted by Crippen LogP contribution is 2.32. The van der Waals surface area contributed by atoms with E-state index < -0.39 is 21.6 Å². The molecule has 1 atom stereocenters. The largest absolute Gasteiger partial charge is 0.493 e. The van der Waals surface area contributed by atoms with Crippen LogP contribution in [-0.2, 0) is 29.0 Å². The molecule has 0 aliphatic carbocycles. The first-order chi connectivity index (χ1) is 15.2. The van der Waals surface area contributed by atoms with Crippen LogP contribution in [0.25, 0.3) is 6.08 Å². The Morgan fingerprint density at radius 3 is 2.50 bits per heavy atom. The molecular weight excluding hydrogens is 434 g/mol. The molecule has 32 heavy (non-hydrogen) atoms. The normalized spacial score (nSPS) is 25.7. The van der Waals surface area contributed by atoms with Crippen molar-refractivity contribution in [2.24, 2.45) is 0 Å². The van der Waals surface area contributed by atoms with Gasteiger partial charge < -0.3 is 23.7 Å². The minimum Gasteiger partial charge on any atom is -0.493 e. The molecule has 3 heterocycles. The molecule has 3 aliphatic heterocycles. The minimum absolute atomic E-state index is 0.0370. The quantitative estimate of drug-likeness (QED) is 0.609. The Balaban J connectivity index is 1.29. The van der Waals surface area contributed by atoms with Crippen LogP contribution in [-0.4, -0.2) is 69.9 Å². The van der Waals surface area contributed by atoms with Gasteiger partial charge in [0.1, 0.15) is 5.75 Å². The zero-order valence-electron chi connectivity index (χ0n) is 19.0. The molecule has 0 N–H and O–H groups in total. The van der Waals surface area contributed by atoms with E-state index in [0.717, 1.165) is 23.3 Å². The molecule has 1 spiro atoms. The van der Waals surface area contributed by atoms with Crippen LogP contribution >= 0.6 is 0 Å². The van der Waals surface area contributed by atoms with E-state index in [2.05, 4.69) is 0 Å². The van der Waals surface area contributed by atoms with E-state index in [1.54, 1.807) is 6.08 Å². The predicted molar refractivity (Wildman–Crippen MR) is 120 cm³/mol. The van der Waals surface area contributed by atoms with Crippen molar-refractivity contribution in [1.82, 2.24) is 4.31 Å². The molecule has 178 valence electrons. The summed E-state index contributed by atoms with van der Waals surface area (Å²) in [6, 6.07) is 5.65. The average Bonchev–Trinajstić information content (AvgIpc) is 3.33. The van der Waals surface area contributed by atoms with Gasteiger partial charge in [-0.25, -0.2) is 8.42 Å². The Hall–Kier alpha value is -1.49. The van der Waals surface area contributed by atoms with E-state index in [4.69, 9.17) is 23.7 Å². The smallest absolute Gasteiger partial charge is 0.236 e. The molecule has 4 rings (SSSR count). The van der Waals surface area contributed by atoms with Crippen LogP contribution in [0.4, 0.5) is 0 Å². The first-order valence-electron chi connectivity index (χ1n) is 11.2. The van der Waals surface area contributed by atoms with Crippen LogP contribution in [0.3, 0.4) is 0 Å². The van der Waals surface area contributed by atoms with Crippen LogP contribution in [0.2, 0.25) is 0 Å². The maximum atomic E-state index is 12.8. The molecule has 0 bridgehead atoms. The Bertz CT molecular complexity index is 928. The van der Waals surface area contributed by atoms with Crippen molar-refractivity contribution in [3.8, 4) is 5.75 Å². The minimum atomic E-state index is -3.50. The second-order valence-corrected chi connectivity index (χ2v) is 10.8. The number of rotatable bonds is 7. The van der Waals surface area contributed by atoms with E-state index >= 15 is 0 Å². The molecule has 8 nitrogen and oxygen atoms in total. The molecule has 1 aromatic carbocycles. The van der Waals surface area contributed by atoms with Gasteiger partial charge >= 0.3 is 0 Å². The lowest BCUT2D eigenvalue weighted by Gasteiger charge is -2.36. The third-order valence-corrected chi connectivity index (χ3v) is 7.66. The third-order valence-electron chi connectivity index (χ3n) is 6.09. The molecule has 1 unspecified atom stereocenters. The average molecular weight is 468 g/mol. The number of sulfonamides is 1. The lowest BCUT2D eigenvalue weighted by molar-refractivity contribution is -0.179. The Kier molecular flexibility index (Phi) is 6.95. The predicted octanol–water partition coefficient (Wildman–Crippen LogP) is 3.05. The molecule has 1 aromatic rings. The van der Waals surface area contributed by atoms with Gasteiger partial charge in [-0.2, -0.15) is 4.31 Å². The van der Waals surface area contributed by atoms with Gasteiger partial charge in [0, 0.05) is 37.8 Å². The van der Waals surface area contributed by atoms with Crippen molar-refractivity contribution in [3.05, 3.63) is 34.7 Å². The van der Waals surface area contributed by atoms with Crippen LogP contribution in [0.5, 0.6) is 5.75 Å². The van der Waals surface area contributed by atoms with Gasteiger partial charge in [-0.15, -0.1) is 0 Å². The Morgan fingerprint density at radius 1 is 1.16 bits per heavy atom. The maximum absolute atomic E-state index is 12.8. The number of aryl methyl sites for hydroxylation is 1. The summed E-state index contributed by atoms with van der Waals surface area (Å²) < 4.78 is 55.6. The van der Waals surface area contributed by atoms with Crippen molar-refractivity contribution in [2.75, 3.05) is 39.5 Å². The van der Waals surface area contributed by atoms with Gasteiger partial charge in [0.15, 0.2) is 11.6 Å². The number of benzene rings is 1. The molecule has 0 saturated carbocycles. The van der Waals surface area contributed by atoms with Crippen molar-refractivity contribution in [2.45, 2.75) is 57.7 Å². The third kappa shape index (κ3) is 5.70. The summed E-state index contributed by atoms with van der Waals surface area (Å²) in [5, 5.41) is 1.28. The Labute approximate surface area is 190 Å². The van der Waals surface area contributed by atoms with Gasteiger partial charge in [-0.1, -0.05) is 6.07 Å². The van der Waals surface area contributed by atoms with E-state index in [-0.39, 0.29) is 6.10 Å². The van der Waals surface area contributed by atoms with Gasteiger partial charge in [-0.3, -0.25) is 0 Å². The lowest BCUT2D eigenvalue weighted by atomic mass is 10.1. The molecule has 3 aliphatic rings. The van der Waals surface area contributed by atoms with Gasteiger partial charge in [0.05, 0.1) is 32.5 Å². The van der Waals surface area contributed by atoms with Crippen molar-refractivity contribution in [3.63, 3.8) is 0 Å². The highest BCUT2D eigenvalue weighted by atomic mass is 32.2. The summed E-state index contributed by atoms with van der Waals surface area (Å²) in [4.78, 5) is 0. The van der Waals surface area contributed by atoms with E-state index in [9.17, 15) is 8.42 Å². The van der Waals surface area contributed by atoms with E-state index in [1.807, 2.05) is 39.0 Å². The fraction of sp³-hybridized carbons (Fsp3) is 0.652. The molecular formula is C23H33NO7S. The Morgan fingerprint density at radius 2 is 1.88 bits per heavy atom. The summed E-state index contributed by atoms with van der Waals surface area (Å²) in [5.74, 6) is -0.364. The van der Waals surface area contributed by atoms with Crippen LogP contribution in [0.1, 0.15) is 44.2 Å². The first kappa shape index (κ1) is 23.7. The number of hydrogen-bond acceptors (Lipinski definition) is 7. The van der Waals surface area contributed by atoms with Crippen molar-refractivity contribution < 1.29 is 32.1 Å². The van der Waals surface area contributed by atoms with E-state index in [1.165, 1.54) is 9.71 Å². The molecule has 0 amide bonds. The highest BCUT2D eigenvalue weighted by molar-refractivity contribution is 7.92. The maximum Gasteiger partial charge on any atom is 0.236 e. The van der Waals surface area contributed by atoms with Gasteiger partial charge in [-0.05, 0) is 50.1 Å². The zero-order valence-corrected chi connectivity index (χ0v) is 19.9. The van der Waals surface area contributed by atoms with E-state index in [0.29, 0.717) is 52.4 Å². The monoisotopic (exact) mass is 467 g/mol. The molecule has 3 fully saturated rings. The summed E-state index contributed by atoms with van der Waals surface area (Å²) in [6.07, 6.45) is 3.54. The van der Waals surface area contributed by atoms with Crippen LogP contribution in [0, 0.1) is 6.92 Å². The SMILES string of the molecule is Cc1cc(OCCC2COC(C)(C)O2)ccc1/C=C/S(=O)(=O)N1CCC2(CC1)OCCO2. The molecule has 3 saturated heterocycles. The van der Waals surface area contributed by atoms with Gasteiger partial charge in [0.25, 0.3) is 0 Å². The lowest BCUT2D eigenvalue weighted by Crippen LogP contribution is -2.46. The van der Waals surface area contributed by atoms with Gasteiger partial charge in [0.2, 0.25) is 10.0 Å². The summed E-state index contributed by atoms with van der Waals surface area (Å²) >= 11 is 0. The van der Waals surface area contributed by atoms with Crippen molar-refractivity contribution in [1.29, 1.82) is 0 Å². The number of piperidine rings is 1. The van der Waals surface area contributed by atoms with Crippen molar-refractivity contribution >= 4 is 16.1 Å². The second kappa shape index (κ2) is 9.40. The first-order valence-corrected chi connectivity index (χ1v) is 12.7. The summed E-state index contributed by atoms with van der Waals surface area (Å²) in [7, 11) is -3.50. The summed E-state index contributed by atoms with van der Waals surface area (Å²) in [6.45, 7) is 8.79. The molecule has 0 aromatic heterocycles. The number of ether oxygens (including phenoxy) is 5. The number of hydrogen-bond donors (Lipinski definition) is 0. The molecule has 9 heteroatoms. The molecule has 0 radical (unpaired) electrons. The fourth-order valence-electron chi connectivity index (χ4n) is 4.25. The number of nitrogens with zero attached hydrogens (tertiary/aromatic N) is 1. The zero-order chi connectivity index (χ0) is 22.8. The van der Waals surface area contributed by atoms with Crippen LogP contribution in [0.15, 0.2) is 23.6 Å². The fourth-order valence-corrected chi connectivity index (χ4v) is 5.43.